The van der Waals surface area contributed by atoms with Crippen LogP contribution in [-0.2, 0) is 4.79 Å². The molecular formula is C19H20ClNO. The van der Waals surface area contributed by atoms with Crippen LogP contribution in [0, 0.1) is 0 Å². The van der Waals surface area contributed by atoms with E-state index in [-0.39, 0.29) is 0 Å². The number of piperidine rings is 1. The molecule has 1 aliphatic heterocycles. The Kier molecular flexibility index (Phi) is 4.60. The van der Waals surface area contributed by atoms with Crippen LogP contribution in [0.25, 0.3) is 11.1 Å². The van der Waals surface area contributed by atoms with Gasteiger partial charge in [-0.05, 0) is 35.7 Å². The molecule has 22 heavy (non-hydrogen) atoms. The summed E-state index contributed by atoms with van der Waals surface area (Å²) in [4.78, 5) is 13.8. The highest BCUT2D eigenvalue weighted by Gasteiger charge is 2.23. The molecule has 0 spiro atoms. The minimum absolute atomic E-state index is 0.306. The van der Waals surface area contributed by atoms with Gasteiger partial charge in [0.2, 0.25) is 0 Å². The molecule has 1 unspecified atom stereocenters. The third kappa shape index (κ3) is 3.23. The van der Waals surface area contributed by atoms with Gasteiger partial charge >= 0.3 is 0 Å². The average molecular weight is 314 g/mol. The van der Waals surface area contributed by atoms with Crippen molar-refractivity contribution in [2.45, 2.75) is 25.8 Å². The van der Waals surface area contributed by atoms with Crippen LogP contribution < -0.4 is 0 Å². The van der Waals surface area contributed by atoms with Crippen molar-refractivity contribution in [1.82, 2.24) is 4.90 Å². The van der Waals surface area contributed by atoms with Crippen molar-refractivity contribution >= 4 is 17.4 Å². The quantitative estimate of drug-likeness (QED) is 0.816. The van der Waals surface area contributed by atoms with Gasteiger partial charge in [-0.3, -0.25) is 9.69 Å². The molecule has 0 N–H and O–H groups in total. The van der Waals surface area contributed by atoms with Gasteiger partial charge in [0.15, 0.2) is 0 Å². The van der Waals surface area contributed by atoms with Gasteiger partial charge in [0, 0.05) is 37.0 Å². The number of ketones is 1. The number of benzene rings is 2. The molecule has 114 valence electrons. The van der Waals surface area contributed by atoms with Gasteiger partial charge in [0.05, 0.1) is 0 Å². The van der Waals surface area contributed by atoms with Crippen molar-refractivity contribution in [1.29, 1.82) is 0 Å². The maximum absolute atomic E-state index is 11.4. The summed E-state index contributed by atoms with van der Waals surface area (Å²) in [6, 6.07) is 16.8. The molecule has 0 radical (unpaired) electrons. The van der Waals surface area contributed by atoms with Gasteiger partial charge in [-0.25, -0.2) is 0 Å². The molecule has 1 fully saturated rings. The Labute approximate surface area is 136 Å². The molecule has 2 aromatic carbocycles. The molecule has 3 rings (SSSR count). The highest BCUT2D eigenvalue weighted by Crippen LogP contribution is 2.32. The Bertz CT molecular complexity index is 655. The van der Waals surface area contributed by atoms with E-state index in [1.807, 2.05) is 12.1 Å². The van der Waals surface area contributed by atoms with Crippen LogP contribution in [0.4, 0.5) is 0 Å². The summed E-state index contributed by atoms with van der Waals surface area (Å²) in [5.74, 6) is 0.384. The Morgan fingerprint density at radius 1 is 1.00 bits per heavy atom. The monoisotopic (exact) mass is 313 g/mol. The highest BCUT2D eigenvalue weighted by molar-refractivity contribution is 6.30. The smallest absolute Gasteiger partial charge is 0.135 e. The molecule has 0 bridgehead atoms. The van der Waals surface area contributed by atoms with Crippen LogP contribution in [0.2, 0.25) is 5.02 Å². The van der Waals surface area contributed by atoms with Crippen LogP contribution in [0.1, 0.15) is 31.4 Å². The van der Waals surface area contributed by atoms with Crippen LogP contribution in [0.3, 0.4) is 0 Å². The van der Waals surface area contributed by atoms with Crippen LogP contribution in [0.15, 0.2) is 48.5 Å². The topological polar surface area (TPSA) is 20.3 Å². The molecule has 1 atom stereocenters. The number of hydrogen-bond acceptors (Lipinski definition) is 2. The lowest BCUT2D eigenvalue weighted by Crippen LogP contribution is -2.35. The first kappa shape index (κ1) is 15.3. The molecule has 1 saturated heterocycles. The maximum atomic E-state index is 11.4. The molecule has 3 heteroatoms. The largest absolute Gasteiger partial charge is 0.300 e. The van der Waals surface area contributed by atoms with Gasteiger partial charge in [-0.15, -0.1) is 0 Å². The Hall–Kier alpha value is -1.64. The van der Waals surface area contributed by atoms with E-state index in [1.54, 1.807) is 0 Å². The Morgan fingerprint density at radius 2 is 1.64 bits per heavy atom. The van der Waals surface area contributed by atoms with Gasteiger partial charge < -0.3 is 0 Å². The second-order valence-electron chi connectivity index (χ2n) is 5.84. The fraction of sp³-hybridized carbons (Fsp3) is 0.316. The van der Waals surface area contributed by atoms with Gasteiger partial charge in [0.25, 0.3) is 0 Å². The van der Waals surface area contributed by atoms with Crippen LogP contribution in [0.5, 0.6) is 0 Å². The van der Waals surface area contributed by atoms with E-state index in [0.717, 1.165) is 18.1 Å². The molecule has 1 heterocycles. The van der Waals surface area contributed by atoms with Crippen molar-refractivity contribution in [3.63, 3.8) is 0 Å². The number of hydrogen-bond donors (Lipinski definition) is 0. The number of nitrogens with zero attached hydrogens (tertiary/aromatic N) is 1. The van der Waals surface area contributed by atoms with Crippen LogP contribution in [-0.4, -0.2) is 23.8 Å². The van der Waals surface area contributed by atoms with Crippen LogP contribution >= 0.6 is 11.6 Å². The van der Waals surface area contributed by atoms with E-state index in [2.05, 4.69) is 48.2 Å². The first-order valence-corrected chi connectivity index (χ1v) is 8.13. The highest BCUT2D eigenvalue weighted by atomic mass is 35.5. The van der Waals surface area contributed by atoms with E-state index in [4.69, 9.17) is 11.6 Å². The van der Waals surface area contributed by atoms with E-state index < -0.39 is 0 Å². The summed E-state index contributed by atoms with van der Waals surface area (Å²) < 4.78 is 0. The summed E-state index contributed by atoms with van der Waals surface area (Å²) in [7, 11) is 0. The summed E-state index contributed by atoms with van der Waals surface area (Å²) in [6.45, 7) is 3.94. The Morgan fingerprint density at radius 3 is 2.32 bits per heavy atom. The molecule has 0 amide bonds. The van der Waals surface area contributed by atoms with Crippen molar-refractivity contribution < 1.29 is 4.79 Å². The number of rotatable bonds is 3. The lowest BCUT2D eigenvalue weighted by atomic mass is 9.94. The summed E-state index contributed by atoms with van der Waals surface area (Å²) in [6.07, 6.45) is 1.35. The standard InChI is InChI=1S/C19H20ClNO/c1-14(21-12-10-17(22)11-13-21)18-4-2-3-5-19(18)15-6-8-16(20)9-7-15/h2-9,14H,10-13H2,1H3. The molecule has 0 aromatic heterocycles. The second-order valence-corrected chi connectivity index (χ2v) is 6.28. The molecular weight excluding hydrogens is 294 g/mol. The van der Waals surface area contributed by atoms with Crippen molar-refractivity contribution in [3.05, 3.63) is 59.1 Å². The predicted molar refractivity (Wildman–Crippen MR) is 91.1 cm³/mol. The van der Waals surface area contributed by atoms with E-state index in [0.29, 0.717) is 24.7 Å². The third-order valence-corrected chi connectivity index (χ3v) is 4.72. The first-order valence-electron chi connectivity index (χ1n) is 7.76. The van der Waals surface area contributed by atoms with Gasteiger partial charge in [0.1, 0.15) is 5.78 Å². The summed E-state index contributed by atoms with van der Waals surface area (Å²) >= 11 is 6.00. The number of carbonyl (C=O) groups is 1. The van der Waals surface area contributed by atoms with E-state index in [1.165, 1.54) is 16.7 Å². The predicted octanol–water partition coefficient (Wildman–Crippen LogP) is 4.73. The number of carbonyl (C=O) groups excluding carboxylic acids is 1. The lowest BCUT2D eigenvalue weighted by molar-refractivity contribution is -0.121. The normalized spacial score (nSPS) is 17.5. The molecule has 2 aromatic rings. The lowest BCUT2D eigenvalue weighted by Gasteiger charge is -2.33. The molecule has 2 nitrogen and oxygen atoms in total. The number of halogens is 1. The summed E-state index contributed by atoms with van der Waals surface area (Å²) in [5.41, 5.74) is 3.72. The maximum Gasteiger partial charge on any atom is 0.135 e. The molecule has 0 saturated carbocycles. The van der Waals surface area contributed by atoms with Crippen molar-refractivity contribution in [3.8, 4) is 11.1 Å². The number of Topliss-reactive ketones (excluding diaryl/α,β-unsaturated/α-hetero) is 1. The zero-order valence-corrected chi connectivity index (χ0v) is 13.5. The minimum atomic E-state index is 0.306. The Balaban J connectivity index is 1.90. The van der Waals surface area contributed by atoms with Crippen molar-refractivity contribution in [2.24, 2.45) is 0 Å². The fourth-order valence-electron chi connectivity index (χ4n) is 3.11. The van der Waals surface area contributed by atoms with Gasteiger partial charge in [-0.2, -0.15) is 0 Å². The molecule has 0 aliphatic carbocycles. The summed E-state index contributed by atoms with van der Waals surface area (Å²) in [5, 5.41) is 0.754. The number of likely N-dealkylation sites (tertiary alicyclic amines) is 1. The van der Waals surface area contributed by atoms with E-state index in [9.17, 15) is 4.79 Å². The SMILES string of the molecule is CC(c1ccccc1-c1ccc(Cl)cc1)N1CCC(=O)CC1. The van der Waals surface area contributed by atoms with Gasteiger partial charge in [-0.1, -0.05) is 48.0 Å². The minimum Gasteiger partial charge on any atom is -0.300 e. The zero-order valence-electron chi connectivity index (χ0n) is 12.8. The fourth-order valence-corrected chi connectivity index (χ4v) is 3.24. The zero-order chi connectivity index (χ0) is 15.5. The second kappa shape index (κ2) is 6.64. The molecule has 1 aliphatic rings. The van der Waals surface area contributed by atoms with Crippen molar-refractivity contribution in [2.75, 3.05) is 13.1 Å². The average Bonchev–Trinajstić information content (AvgIpc) is 2.56. The first-order chi connectivity index (χ1) is 10.6. The third-order valence-electron chi connectivity index (χ3n) is 4.47. The van der Waals surface area contributed by atoms with E-state index >= 15 is 0 Å².